The van der Waals surface area contributed by atoms with Crippen LogP contribution >= 0.6 is 0 Å². The van der Waals surface area contributed by atoms with Crippen molar-refractivity contribution in [2.24, 2.45) is 0 Å². The Balaban J connectivity index is 1.75. The maximum Gasteiger partial charge on any atom is 0.254 e. The molecule has 0 aliphatic heterocycles. The average molecular weight is 410 g/mol. The first-order chi connectivity index (χ1) is 13.9. The Morgan fingerprint density at radius 3 is 2.28 bits per heavy atom. The number of aryl methyl sites for hydroxylation is 1. The lowest BCUT2D eigenvalue weighted by Gasteiger charge is -2.10. The molecule has 2 aromatic carbocycles. The van der Waals surface area contributed by atoms with Crippen molar-refractivity contribution in [2.45, 2.75) is 12.8 Å². The summed E-state index contributed by atoms with van der Waals surface area (Å²) in [5, 5.41) is 4.94. The molecule has 0 aliphatic rings. The van der Waals surface area contributed by atoms with Crippen LogP contribution in [0, 0.1) is 17.5 Å². The van der Waals surface area contributed by atoms with E-state index in [4.69, 9.17) is 9.47 Å². The predicted molar refractivity (Wildman–Crippen MR) is 99.5 cm³/mol. The van der Waals surface area contributed by atoms with E-state index >= 15 is 0 Å². The summed E-state index contributed by atoms with van der Waals surface area (Å²) < 4.78 is 50.0. The van der Waals surface area contributed by atoms with Crippen LogP contribution in [-0.2, 0) is 11.2 Å². The molecule has 0 spiro atoms. The van der Waals surface area contributed by atoms with Crippen LogP contribution in [0.2, 0.25) is 0 Å². The molecule has 0 fully saturated rings. The van der Waals surface area contributed by atoms with E-state index in [-0.39, 0.29) is 25.4 Å². The first-order valence-electron chi connectivity index (χ1n) is 8.76. The van der Waals surface area contributed by atoms with E-state index in [1.165, 1.54) is 14.2 Å². The van der Waals surface area contributed by atoms with Crippen molar-refractivity contribution >= 4 is 11.8 Å². The van der Waals surface area contributed by atoms with Gasteiger partial charge in [-0.3, -0.25) is 9.59 Å². The summed E-state index contributed by atoms with van der Waals surface area (Å²) in [6.07, 6.45) is 0.680. The van der Waals surface area contributed by atoms with Gasteiger partial charge >= 0.3 is 0 Å². The highest BCUT2D eigenvalue weighted by molar-refractivity contribution is 5.94. The van der Waals surface area contributed by atoms with Crippen molar-refractivity contribution in [3.8, 4) is 11.5 Å². The Bertz CT molecular complexity index is 890. The summed E-state index contributed by atoms with van der Waals surface area (Å²) in [7, 11) is 3.06. The number of benzene rings is 2. The molecule has 156 valence electrons. The quantitative estimate of drug-likeness (QED) is 0.492. The zero-order valence-electron chi connectivity index (χ0n) is 16.0. The molecule has 2 aromatic rings. The molecule has 0 radical (unpaired) electrons. The van der Waals surface area contributed by atoms with Gasteiger partial charge in [0.15, 0.2) is 29.0 Å². The Kier molecular flexibility index (Phi) is 7.88. The molecule has 0 atom stereocenters. The number of hydrogen-bond donors (Lipinski definition) is 2. The van der Waals surface area contributed by atoms with E-state index in [2.05, 4.69) is 10.6 Å². The topological polar surface area (TPSA) is 76.7 Å². The number of ether oxygens (including phenoxy) is 2. The molecule has 0 saturated carbocycles. The highest BCUT2D eigenvalue weighted by atomic mass is 19.2. The van der Waals surface area contributed by atoms with E-state index < -0.39 is 28.9 Å². The minimum atomic E-state index is -1.71. The third-order valence-corrected chi connectivity index (χ3v) is 4.10. The third kappa shape index (κ3) is 5.87. The van der Waals surface area contributed by atoms with Crippen molar-refractivity contribution in [1.82, 2.24) is 10.6 Å². The molecule has 0 aliphatic carbocycles. The normalized spacial score (nSPS) is 10.4. The zero-order chi connectivity index (χ0) is 21.4. The maximum atomic E-state index is 13.6. The number of amides is 2. The minimum Gasteiger partial charge on any atom is -0.493 e. The van der Waals surface area contributed by atoms with E-state index in [1.807, 2.05) is 6.07 Å². The molecule has 0 unspecified atom stereocenters. The van der Waals surface area contributed by atoms with Gasteiger partial charge in [-0.25, -0.2) is 13.2 Å². The van der Waals surface area contributed by atoms with Gasteiger partial charge in [-0.1, -0.05) is 6.07 Å². The van der Waals surface area contributed by atoms with Gasteiger partial charge in [0, 0.05) is 19.5 Å². The van der Waals surface area contributed by atoms with E-state index in [0.29, 0.717) is 24.0 Å². The van der Waals surface area contributed by atoms with Gasteiger partial charge < -0.3 is 20.1 Å². The average Bonchev–Trinajstić information content (AvgIpc) is 2.73. The number of carbonyl (C=O) groups is 2. The molecule has 0 aromatic heterocycles. The fraction of sp³-hybridized carbons (Fsp3) is 0.300. The highest BCUT2D eigenvalue weighted by Crippen LogP contribution is 2.27. The van der Waals surface area contributed by atoms with Crippen LogP contribution in [0.4, 0.5) is 13.2 Å². The van der Waals surface area contributed by atoms with Crippen LogP contribution in [0.1, 0.15) is 22.3 Å². The van der Waals surface area contributed by atoms with Gasteiger partial charge in [-0.05, 0) is 36.2 Å². The Morgan fingerprint density at radius 2 is 1.59 bits per heavy atom. The van der Waals surface area contributed by atoms with E-state index in [1.54, 1.807) is 12.1 Å². The number of hydrogen-bond acceptors (Lipinski definition) is 4. The third-order valence-electron chi connectivity index (χ3n) is 4.10. The van der Waals surface area contributed by atoms with Crippen molar-refractivity contribution in [2.75, 3.05) is 27.3 Å². The lowest BCUT2D eigenvalue weighted by molar-refractivity contribution is -0.121. The molecule has 0 saturated heterocycles. The molecule has 2 N–H and O–H groups in total. The van der Waals surface area contributed by atoms with Crippen molar-refractivity contribution < 1.29 is 32.2 Å². The summed E-state index contributed by atoms with van der Waals surface area (Å²) in [5.41, 5.74) is 0.281. The zero-order valence-corrected chi connectivity index (χ0v) is 16.0. The van der Waals surface area contributed by atoms with Gasteiger partial charge in [-0.15, -0.1) is 0 Å². The molecular weight excluding hydrogens is 389 g/mol. The molecular formula is C20H21F3N2O4. The minimum absolute atomic E-state index is 0.000627. The SMILES string of the molecule is COc1ccc(CCC(=O)NCCNC(=O)c2ccc(F)c(F)c2F)cc1OC. The predicted octanol–water partition coefficient (Wildman–Crippen LogP) is 2.60. The fourth-order valence-electron chi connectivity index (χ4n) is 2.56. The van der Waals surface area contributed by atoms with Gasteiger partial charge in [0.2, 0.25) is 5.91 Å². The lowest BCUT2D eigenvalue weighted by atomic mass is 10.1. The van der Waals surface area contributed by atoms with Crippen LogP contribution < -0.4 is 20.1 Å². The maximum absolute atomic E-state index is 13.6. The molecule has 6 nitrogen and oxygen atoms in total. The number of methoxy groups -OCH3 is 2. The smallest absolute Gasteiger partial charge is 0.254 e. The van der Waals surface area contributed by atoms with Crippen molar-refractivity contribution in [1.29, 1.82) is 0 Å². The number of carbonyl (C=O) groups excluding carboxylic acids is 2. The summed E-state index contributed by atoms with van der Waals surface area (Å²) in [6, 6.07) is 6.88. The fourth-order valence-corrected chi connectivity index (χ4v) is 2.56. The van der Waals surface area contributed by atoms with Gasteiger partial charge in [-0.2, -0.15) is 0 Å². The van der Waals surface area contributed by atoms with Crippen LogP contribution in [0.15, 0.2) is 30.3 Å². The second kappa shape index (κ2) is 10.4. The summed E-state index contributed by atoms with van der Waals surface area (Å²) >= 11 is 0. The second-order valence-electron chi connectivity index (χ2n) is 6.02. The van der Waals surface area contributed by atoms with E-state index in [9.17, 15) is 22.8 Å². The molecule has 0 bridgehead atoms. The van der Waals surface area contributed by atoms with Crippen molar-refractivity contribution in [3.63, 3.8) is 0 Å². The highest BCUT2D eigenvalue weighted by Gasteiger charge is 2.18. The van der Waals surface area contributed by atoms with E-state index in [0.717, 1.165) is 11.6 Å². The largest absolute Gasteiger partial charge is 0.493 e. The molecule has 0 heterocycles. The standard InChI is InChI=1S/C20H21F3N2O4/c1-28-15-7-3-12(11-16(15)29-2)4-8-17(26)24-9-10-25-20(27)13-5-6-14(21)19(23)18(13)22/h3,5-7,11H,4,8-10H2,1-2H3,(H,24,26)(H,25,27). The molecule has 9 heteroatoms. The first kappa shape index (κ1) is 22.1. The van der Waals surface area contributed by atoms with Crippen LogP contribution in [-0.4, -0.2) is 39.1 Å². The Hall–Kier alpha value is -3.23. The van der Waals surface area contributed by atoms with Crippen LogP contribution in [0.3, 0.4) is 0 Å². The monoisotopic (exact) mass is 410 g/mol. The molecule has 2 amide bonds. The van der Waals surface area contributed by atoms with Crippen LogP contribution in [0.5, 0.6) is 11.5 Å². The second-order valence-corrected chi connectivity index (χ2v) is 6.02. The number of rotatable bonds is 9. The lowest BCUT2D eigenvalue weighted by Crippen LogP contribution is -2.35. The van der Waals surface area contributed by atoms with Crippen molar-refractivity contribution in [3.05, 3.63) is 58.9 Å². The number of nitrogens with one attached hydrogen (secondary N) is 2. The summed E-state index contributed by atoms with van der Waals surface area (Å²) in [5.74, 6) is -4.62. The Morgan fingerprint density at radius 1 is 0.897 bits per heavy atom. The Labute approximate surface area is 166 Å². The van der Waals surface area contributed by atoms with Crippen LogP contribution in [0.25, 0.3) is 0 Å². The summed E-state index contributed by atoms with van der Waals surface area (Å²) in [6.45, 7) is 0.0984. The summed E-state index contributed by atoms with van der Waals surface area (Å²) in [4.78, 5) is 23.7. The molecule has 2 rings (SSSR count). The first-order valence-corrected chi connectivity index (χ1v) is 8.76. The van der Waals surface area contributed by atoms with Gasteiger partial charge in [0.1, 0.15) is 0 Å². The van der Waals surface area contributed by atoms with Gasteiger partial charge in [0.25, 0.3) is 5.91 Å². The molecule has 29 heavy (non-hydrogen) atoms. The van der Waals surface area contributed by atoms with Gasteiger partial charge in [0.05, 0.1) is 19.8 Å². The number of halogens is 3.